The molecule has 0 aliphatic carbocycles. The zero-order valence-corrected chi connectivity index (χ0v) is 9.60. The number of aliphatic hydroxyl groups is 1. The van der Waals surface area contributed by atoms with E-state index in [2.05, 4.69) is 4.74 Å². The summed E-state index contributed by atoms with van der Waals surface area (Å²) < 4.78 is 16.2. The number of rotatable bonds is 2. The fourth-order valence-electron chi connectivity index (χ4n) is 2.07. The first-order valence-corrected chi connectivity index (χ1v) is 5.46. The summed E-state index contributed by atoms with van der Waals surface area (Å²) in [5.41, 5.74) is 0. The fraction of sp³-hybridized carbons (Fsp3) is 0.727. The molecule has 92 valence electrons. The molecule has 1 rings (SSSR count). The van der Waals surface area contributed by atoms with Crippen LogP contribution in [0.15, 0.2) is 12.6 Å². The van der Waals surface area contributed by atoms with Crippen LogP contribution in [0.2, 0.25) is 0 Å². The SMILES string of the molecule is CC(O)C1CCN(C(=O)O/C=C/F)C(C)C1. The zero-order chi connectivity index (χ0) is 12.1. The molecule has 0 aromatic carbocycles. The number of hydrogen-bond donors (Lipinski definition) is 1. The maximum atomic E-state index is 11.7. The first-order valence-electron chi connectivity index (χ1n) is 5.46. The molecule has 1 N–H and O–H groups in total. The van der Waals surface area contributed by atoms with Gasteiger partial charge in [0, 0.05) is 12.6 Å². The molecule has 1 fully saturated rings. The number of halogens is 1. The van der Waals surface area contributed by atoms with Crippen LogP contribution >= 0.6 is 0 Å². The summed E-state index contributed by atoms with van der Waals surface area (Å²) in [6, 6.07) is 0.00820. The van der Waals surface area contributed by atoms with Crippen LogP contribution in [0.3, 0.4) is 0 Å². The van der Waals surface area contributed by atoms with Crippen molar-refractivity contribution in [1.82, 2.24) is 4.90 Å². The van der Waals surface area contributed by atoms with E-state index in [9.17, 15) is 14.3 Å². The lowest BCUT2D eigenvalue weighted by molar-refractivity contribution is 0.0434. The van der Waals surface area contributed by atoms with Crippen LogP contribution in [-0.4, -0.2) is 34.8 Å². The van der Waals surface area contributed by atoms with Crippen LogP contribution in [0.25, 0.3) is 0 Å². The quantitative estimate of drug-likeness (QED) is 0.740. The highest BCUT2D eigenvalue weighted by molar-refractivity contribution is 5.68. The van der Waals surface area contributed by atoms with Gasteiger partial charge >= 0.3 is 6.09 Å². The zero-order valence-electron chi connectivity index (χ0n) is 9.60. The molecule has 0 aromatic heterocycles. The topological polar surface area (TPSA) is 49.8 Å². The van der Waals surface area contributed by atoms with E-state index in [0.29, 0.717) is 6.54 Å². The Bertz CT molecular complexity index is 268. The van der Waals surface area contributed by atoms with E-state index in [0.717, 1.165) is 19.1 Å². The van der Waals surface area contributed by atoms with Crippen molar-refractivity contribution in [2.24, 2.45) is 5.92 Å². The Balaban J connectivity index is 2.50. The molecule has 1 aliphatic rings. The summed E-state index contributed by atoms with van der Waals surface area (Å²) in [4.78, 5) is 13.0. The molecule has 1 heterocycles. The molecular weight excluding hydrogens is 213 g/mol. The average Bonchev–Trinajstić information content (AvgIpc) is 2.25. The van der Waals surface area contributed by atoms with Crippen LogP contribution < -0.4 is 0 Å². The molecule has 1 aliphatic heterocycles. The number of aliphatic hydroxyl groups excluding tert-OH is 1. The van der Waals surface area contributed by atoms with E-state index >= 15 is 0 Å². The summed E-state index contributed by atoms with van der Waals surface area (Å²) in [7, 11) is 0. The monoisotopic (exact) mass is 231 g/mol. The van der Waals surface area contributed by atoms with Crippen LogP contribution in [0.5, 0.6) is 0 Å². The number of piperidine rings is 1. The van der Waals surface area contributed by atoms with Crippen molar-refractivity contribution in [3.05, 3.63) is 12.6 Å². The summed E-state index contributed by atoms with van der Waals surface area (Å²) in [5.74, 6) is 0.218. The van der Waals surface area contributed by atoms with Gasteiger partial charge in [-0.15, -0.1) is 0 Å². The third-order valence-corrected chi connectivity index (χ3v) is 3.05. The molecule has 3 unspecified atom stereocenters. The van der Waals surface area contributed by atoms with Gasteiger partial charge in [0.05, 0.1) is 6.10 Å². The number of amides is 1. The lowest BCUT2D eigenvalue weighted by Crippen LogP contribution is -2.46. The van der Waals surface area contributed by atoms with Crippen LogP contribution in [0.1, 0.15) is 26.7 Å². The first kappa shape index (κ1) is 13.0. The summed E-state index contributed by atoms with van der Waals surface area (Å²) >= 11 is 0. The number of likely N-dealkylation sites (tertiary alicyclic amines) is 1. The van der Waals surface area contributed by atoms with Gasteiger partial charge in [0.1, 0.15) is 12.6 Å². The van der Waals surface area contributed by atoms with Crippen molar-refractivity contribution >= 4 is 6.09 Å². The third-order valence-electron chi connectivity index (χ3n) is 3.05. The predicted octanol–water partition coefficient (Wildman–Crippen LogP) is 2.04. The number of ether oxygens (including phenoxy) is 1. The van der Waals surface area contributed by atoms with Gasteiger partial charge in [-0.3, -0.25) is 0 Å². The van der Waals surface area contributed by atoms with Gasteiger partial charge in [-0.25, -0.2) is 9.18 Å². The first-order chi connectivity index (χ1) is 7.56. The number of carbonyl (C=O) groups is 1. The van der Waals surface area contributed by atoms with Crippen molar-refractivity contribution in [3.8, 4) is 0 Å². The van der Waals surface area contributed by atoms with E-state index in [1.165, 1.54) is 0 Å². The molecule has 0 aromatic rings. The highest BCUT2D eigenvalue weighted by atomic mass is 19.1. The Labute approximate surface area is 94.7 Å². The van der Waals surface area contributed by atoms with Crippen molar-refractivity contribution in [1.29, 1.82) is 0 Å². The maximum Gasteiger partial charge on any atom is 0.414 e. The largest absolute Gasteiger partial charge is 0.416 e. The normalized spacial score (nSPS) is 28.1. The number of nitrogens with zero attached hydrogens (tertiary/aromatic N) is 1. The second-order valence-electron chi connectivity index (χ2n) is 4.21. The molecule has 4 nitrogen and oxygen atoms in total. The fourth-order valence-corrected chi connectivity index (χ4v) is 2.07. The minimum Gasteiger partial charge on any atom is -0.416 e. The molecule has 0 saturated carbocycles. The van der Waals surface area contributed by atoms with Gasteiger partial charge in [0.15, 0.2) is 0 Å². The van der Waals surface area contributed by atoms with Gasteiger partial charge in [0.25, 0.3) is 0 Å². The average molecular weight is 231 g/mol. The van der Waals surface area contributed by atoms with Gasteiger partial charge in [0.2, 0.25) is 0 Å². The molecule has 1 amide bonds. The standard InChI is InChI=1S/C11H18FNO3/c1-8-7-10(9(2)14)3-5-13(8)11(15)16-6-4-12/h4,6,8-10,14H,3,5,7H2,1-2H3/b6-4+. The molecule has 5 heteroatoms. The Kier molecular flexibility index (Phi) is 4.73. The van der Waals surface area contributed by atoms with Crippen LogP contribution in [-0.2, 0) is 4.74 Å². The molecule has 16 heavy (non-hydrogen) atoms. The van der Waals surface area contributed by atoms with Crippen LogP contribution in [0.4, 0.5) is 9.18 Å². The van der Waals surface area contributed by atoms with E-state index in [4.69, 9.17) is 0 Å². The second-order valence-corrected chi connectivity index (χ2v) is 4.21. The van der Waals surface area contributed by atoms with Crippen molar-refractivity contribution in [2.45, 2.75) is 38.8 Å². The molecule has 3 atom stereocenters. The molecule has 0 spiro atoms. The minimum absolute atomic E-state index is 0.00820. The summed E-state index contributed by atoms with van der Waals surface area (Å²) in [5, 5.41) is 9.47. The highest BCUT2D eigenvalue weighted by Gasteiger charge is 2.31. The minimum atomic E-state index is -0.537. The molecular formula is C11H18FNO3. The smallest absolute Gasteiger partial charge is 0.414 e. The third kappa shape index (κ3) is 3.20. The lowest BCUT2D eigenvalue weighted by Gasteiger charge is -2.37. The van der Waals surface area contributed by atoms with Crippen molar-refractivity contribution in [2.75, 3.05) is 6.54 Å². The Morgan fingerprint density at radius 3 is 2.88 bits per heavy atom. The van der Waals surface area contributed by atoms with Crippen LogP contribution in [0, 0.1) is 5.92 Å². The van der Waals surface area contributed by atoms with Gasteiger partial charge in [-0.05, 0) is 32.6 Å². The second kappa shape index (κ2) is 5.84. The van der Waals surface area contributed by atoms with E-state index in [1.807, 2.05) is 6.92 Å². The van der Waals surface area contributed by atoms with Crippen molar-refractivity contribution < 1.29 is 19.0 Å². The summed E-state index contributed by atoms with van der Waals surface area (Å²) in [6.45, 7) is 4.20. The van der Waals surface area contributed by atoms with Gasteiger partial charge in [-0.1, -0.05) is 0 Å². The highest BCUT2D eigenvalue weighted by Crippen LogP contribution is 2.25. The van der Waals surface area contributed by atoms with E-state index in [-0.39, 0.29) is 24.4 Å². The lowest BCUT2D eigenvalue weighted by atomic mass is 9.88. The van der Waals surface area contributed by atoms with Gasteiger partial charge in [-0.2, -0.15) is 0 Å². The number of hydrogen-bond acceptors (Lipinski definition) is 3. The summed E-state index contributed by atoms with van der Waals surface area (Å²) in [6.07, 6.45) is 1.51. The Hall–Kier alpha value is -1.10. The molecule has 0 bridgehead atoms. The maximum absolute atomic E-state index is 11.7. The number of carbonyl (C=O) groups excluding carboxylic acids is 1. The Morgan fingerprint density at radius 2 is 2.38 bits per heavy atom. The Morgan fingerprint density at radius 1 is 1.69 bits per heavy atom. The van der Waals surface area contributed by atoms with E-state index in [1.54, 1.807) is 11.8 Å². The van der Waals surface area contributed by atoms with E-state index < -0.39 is 6.09 Å². The predicted molar refractivity (Wildman–Crippen MR) is 57.3 cm³/mol. The van der Waals surface area contributed by atoms with Gasteiger partial charge < -0.3 is 14.7 Å². The molecule has 1 saturated heterocycles. The molecule has 0 radical (unpaired) electrons. The van der Waals surface area contributed by atoms with Crippen molar-refractivity contribution in [3.63, 3.8) is 0 Å².